The summed E-state index contributed by atoms with van der Waals surface area (Å²) in [6.07, 6.45) is 0. The molecule has 3 aromatic rings. The number of ether oxygens (including phenoxy) is 2. The maximum absolute atomic E-state index is 13.3. The molecule has 6 nitrogen and oxygen atoms in total. The van der Waals surface area contributed by atoms with Crippen LogP contribution in [0.4, 0.5) is 5.69 Å². The molecule has 1 unspecified atom stereocenters. The Kier molecular flexibility index (Phi) is 5.57. The summed E-state index contributed by atoms with van der Waals surface area (Å²) in [5.41, 5.74) is 2.89. The van der Waals surface area contributed by atoms with Crippen LogP contribution in [0.1, 0.15) is 42.5 Å². The molecule has 0 aliphatic carbocycles. The number of anilines is 1. The molecular formula is C28H25NO5. The zero-order chi connectivity index (χ0) is 23.8. The van der Waals surface area contributed by atoms with Gasteiger partial charge in [-0.1, -0.05) is 56.3 Å². The summed E-state index contributed by atoms with van der Waals surface area (Å²) in [5, 5.41) is 11.3. The van der Waals surface area contributed by atoms with Crippen molar-refractivity contribution in [3.05, 3.63) is 95.1 Å². The number of rotatable bonds is 4. The summed E-state index contributed by atoms with van der Waals surface area (Å²) in [7, 11) is 0. The third kappa shape index (κ3) is 3.71. The maximum atomic E-state index is 13.3. The quantitative estimate of drug-likeness (QED) is 0.332. The van der Waals surface area contributed by atoms with Crippen LogP contribution in [0.5, 0.6) is 11.5 Å². The molecule has 1 N–H and O–H groups in total. The average molecular weight is 456 g/mol. The number of carbonyl (C=O) groups excluding carboxylic acids is 2. The molecule has 0 saturated carbocycles. The predicted octanol–water partition coefficient (Wildman–Crippen LogP) is 5.21. The Morgan fingerprint density at radius 3 is 2.26 bits per heavy atom. The van der Waals surface area contributed by atoms with Crippen LogP contribution in [0.3, 0.4) is 0 Å². The molecule has 3 aromatic carbocycles. The highest BCUT2D eigenvalue weighted by atomic mass is 16.6. The van der Waals surface area contributed by atoms with Crippen molar-refractivity contribution in [3.8, 4) is 11.5 Å². The number of aliphatic hydroxyl groups excluding tert-OH is 1. The monoisotopic (exact) mass is 455 g/mol. The van der Waals surface area contributed by atoms with Crippen molar-refractivity contribution in [1.29, 1.82) is 0 Å². The average Bonchev–Trinajstić information content (AvgIpc) is 3.14. The molecule has 1 fully saturated rings. The molecule has 0 aromatic heterocycles. The Hall–Kier alpha value is -4.06. The van der Waals surface area contributed by atoms with E-state index >= 15 is 0 Å². The Bertz CT molecular complexity index is 1280. The van der Waals surface area contributed by atoms with Crippen molar-refractivity contribution in [1.82, 2.24) is 0 Å². The van der Waals surface area contributed by atoms with Crippen molar-refractivity contribution < 1.29 is 24.2 Å². The zero-order valence-electron chi connectivity index (χ0n) is 19.0. The molecule has 0 bridgehead atoms. The second-order valence-corrected chi connectivity index (χ2v) is 8.68. The fourth-order valence-electron chi connectivity index (χ4n) is 4.42. The van der Waals surface area contributed by atoms with E-state index in [1.54, 1.807) is 18.2 Å². The van der Waals surface area contributed by atoms with E-state index in [0.29, 0.717) is 41.9 Å². The Morgan fingerprint density at radius 2 is 1.59 bits per heavy atom. The summed E-state index contributed by atoms with van der Waals surface area (Å²) in [6, 6.07) is 21.1. The van der Waals surface area contributed by atoms with Gasteiger partial charge in [-0.25, -0.2) is 0 Å². The first-order valence-electron chi connectivity index (χ1n) is 11.3. The Labute approximate surface area is 198 Å². The Balaban J connectivity index is 1.65. The van der Waals surface area contributed by atoms with Crippen molar-refractivity contribution in [3.63, 3.8) is 0 Å². The van der Waals surface area contributed by atoms with E-state index < -0.39 is 17.7 Å². The van der Waals surface area contributed by atoms with E-state index in [1.165, 1.54) is 4.90 Å². The summed E-state index contributed by atoms with van der Waals surface area (Å²) in [6.45, 7) is 5.04. The molecule has 0 radical (unpaired) electrons. The van der Waals surface area contributed by atoms with Crippen LogP contribution < -0.4 is 14.4 Å². The maximum Gasteiger partial charge on any atom is 0.300 e. The Morgan fingerprint density at radius 1 is 0.912 bits per heavy atom. The number of fused-ring (bicyclic) bond motifs is 1. The number of aliphatic hydroxyl groups is 1. The van der Waals surface area contributed by atoms with Gasteiger partial charge in [-0.2, -0.15) is 0 Å². The number of amides is 1. The number of hydrogen-bond acceptors (Lipinski definition) is 5. The van der Waals surface area contributed by atoms with Crippen LogP contribution in [0.25, 0.3) is 5.76 Å². The second-order valence-electron chi connectivity index (χ2n) is 8.68. The van der Waals surface area contributed by atoms with Crippen LogP contribution >= 0.6 is 0 Å². The highest BCUT2D eigenvalue weighted by Crippen LogP contribution is 2.43. The molecule has 2 heterocycles. The lowest BCUT2D eigenvalue weighted by atomic mass is 9.95. The molecule has 5 rings (SSSR count). The van der Waals surface area contributed by atoms with E-state index in [9.17, 15) is 14.7 Å². The van der Waals surface area contributed by atoms with Gasteiger partial charge in [0.2, 0.25) is 0 Å². The lowest BCUT2D eigenvalue weighted by Gasteiger charge is -2.26. The molecule has 6 heteroatoms. The third-order valence-corrected chi connectivity index (χ3v) is 6.21. The largest absolute Gasteiger partial charge is 0.507 e. The fraction of sp³-hybridized carbons (Fsp3) is 0.214. The van der Waals surface area contributed by atoms with E-state index in [0.717, 1.165) is 11.1 Å². The van der Waals surface area contributed by atoms with Gasteiger partial charge in [-0.05, 0) is 47.4 Å². The van der Waals surface area contributed by atoms with Gasteiger partial charge >= 0.3 is 0 Å². The molecule has 1 saturated heterocycles. The van der Waals surface area contributed by atoms with Gasteiger partial charge in [-0.15, -0.1) is 0 Å². The molecule has 172 valence electrons. The smallest absolute Gasteiger partial charge is 0.300 e. The zero-order valence-corrected chi connectivity index (χ0v) is 19.0. The van der Waals surface area contributed by atoms with Crippen LogP contribution in [0.15, 0.2) is 78.4 Å². The molecular weight excluding hydrogens is 430 g/mol. The summed E-state index contributed by atoms with van der Waals surface area (Å²) in [5.74, 6) is -0.243. The minimum Gasteiger partial charge on any atom is -0.507 e. The van der Waals surface area contributed by atoms with Gasteiger partial charge in [0.25, 0.3) is 11.7 Å². The van der Waals surface area contributed by atoms with Crippen molar-refractivity contribution >= 4 is 23.1 Å². The van der Waals surface area contributed by atoms with Gasteiger partial charge in [0.15, 0.2) is 11.5 Å². The molecule has 1 amide bonds. The molecule has 2 aliphatic rings. The van der Waals surface area contributed by atoms with Gasteiger partial charge < -0.3 is 14.6 Å². The first kappa shape index (κ1) is 21.8. The van der Waals surface area contributed by atoms with Crippen molar-refractivity contribution in [2.45, 2.75) is 25.8 Å². The number of ketones is 1. The number of nitrogens with zero attached hydrogens (tertiary/aromatic N) is 1. The van der Waals surface area contributed by atoms with Crippen LogP contribution in [0.2, 0.25) is 0 Å². The van der Waals surface area contributed by atoms with Crippen molar-refractivity contribution in [2.75, 3.05) is 18.1 Å². The summed E-state index contributed by atoms with van der Waals surface area (Å²) in [4.78, 5) is 28.0. The first-order valence-corrected chi connectivity index (χ1v) is 11.3. The molecule has 1 atom stereocenters. The van der Waals surface area contributed by atoms with E-state index in [1.807, 2.05) is 54.6 Å². The SMILES string of the molecule is CC(C)c1ccc(N2C(=O)C(=O)/C(=C(\O)c3ccc4c(c3)OCCO4)C2c2ccccc2)cc1. The standard InChI is InChI=1S/C28H25NO5/c1-17(2)18-8-11-21(12-9-18)29-25(19-6-4-3-5-7-19)24(27(31)28(29)32)26(30)20-10-13-22-23(16-20)34-15-14-33-22/h3-13,16-17,25,30H,14-15H2,1-2H3/b26-24-. The van der Waals surface area contributed by atoms with E-state index in [2.05, 4.69) is 13.8 Å². The number of hydrogen-bond donors (Lipinski definition) is 1. The lowest BCUT2D eigenvalue weighted by Crippen LogP contribution is -2.29. The van der Waals surface area contributed by atoms with E-state index in [-0.39, 0.29) is 11.3 Å². The van der Waals surface area contributed by atoms with Crippen molar-refractivity contribution in [2.24, 2.45) is 0 Å². The van der Waals surface area contributed by atoms with Gasteiger partial charge in [0.1, 0.15) is 19.0 Å². The summed E-state index contributed by atoms with van der Waals surface area (Å²) >= 11 is 0. The van der Waals surface area contributed by atoms with Gasteiger partial charge in [-0.3, -0.25) is 14.5 Å². The molecule has 34 heavy (non-hydrogen) atoms. The summed E-state index contributed by atoms with van der Waals surface area (Å²) < 4.78 is 11.2. The van der Waals surface area contributed by atoms with Gasteiger partial charge in [0, 0.05) is 11.3 Å². The van der Waals surface area contributed by atoms with E-state index in [4.69, 9.17) is 9.47 Å². The minimum absolute atomic E-state index is 0.0424. The first-order chi connectivity index (χ1) is 16.5. The lowest BCUT2D eigenvalue weighted by molar-refractivity contribution is -0.132. The van der Waals surface area contributed by atoms with Crippen LogP contribution in [0, 0.1) is 0 Å². The normalized spacial score (nSPS) is 19.0. The third-order valence-electron chi connectivity index (χ3n) is 6.21. The predicted molar refractivity (Wildman–Crippen MR) is 129 cm³/mol. The minimum atomic E-state index is -0.765. The number of Topliss-reactive ketones (excluding diaryl/α,β-unsaturated/α-hetero) is 1. The van der Waals surface area contributed by atoms with Crippen LogP contribution in [-0.4, -0.2) is 30.0 Å². The fourth-order valence-corrected chi connectivity index (χ4v) is 4.42. The highest BCUT2D eigenvalue weighted by molar-refractivity contribution is 6.51. The molecule has 2 aliphatic heterocycles. The topological polar surface area (TPSA) is 76.1 Å². The number of carbonyl (C=O) groups is 2. The molecule has 0 spiro atoms. The number of benzene rings is 3. The van der Waals surface area contributed by atoms with Crippen LogP contribution in [-0.2, 0) is 9.59 Å². The highest BCUT2D eigenvalue weighted by Gasteiger charge is 2.47. The second kappa shape index (κ2) is 8.71. The van der Waals surface area contributed by atoms with Gasteiger partial charge in [0.05, 0.1) is 11.6 Å².